The lowest BCUT2D eigenvalue weighted by atomic mass is 9.97. The van der Waals surface area contributed by atoms with Gasteiger partial charge in [0.05, 0.1) is 0 Å². The average Bonchev–Trinajstić information content (AvgIpc) is 2.58. The second kappa shape index (κ2) is 2.74. The van der Waals surface area contributed by atoms with E-state index in [9.17, 15) is 0 Å². The molecule has 10 heavy (non-hydrogen) atoms. The van der Waals surface area contributed by atoms with Gasteiger partial charge in [0.1, 0.15) is 0 Å². The van der Waals surface area contributed by atoms with E-state index >= 15 is 0 Å². The molecule has 2 rings (SSSR count). The van der Waals surface area contributed by atoms with Gasteiger partial charge in [0.15, 0.2) is 0 Å². The Morgan fingerprint density at radius 1 is 1.40 bits per heavy atom. The standard InChI is InChI=1S/C8H15NS/c9-5-7(6-1-2-6)8-3-4-10-8/h6-8H,1-5,9H2. The highest BCUT2D eigenvalue weighted by molar-refractivity contribution is 8.01. The topological polar surface area (TPSA) is 26.0 Å². The molecule has 2 heteroatoms. The Labute approximate surface area is 66.7 Å². The molecule has 2 N–H and O–H groups in total. The van der Waals surface area contributed by atoms with Crippen LogP contribution in [0, 0.1) is 11.8 Å². The minimum Gasteiger partial charge on any atom is -0.330 e. The molecule has 1 heterocycles. The molecule has 1 saturated carbocycles. The Balaban J connectivity index is 1.84. The van der Waals surface area contributed by atoms with Gasteiger partial charge in [-0.05, 0) is 43.4 Å². The summed E-state index contributed by atoms with van der Waals surface area (Å²) in [5, 5.41) is 0.942. The predicted molar refractivity (Wildman–Crippen MR) is 46.1 cm³/mol. The Bertz CT molecular complexity index is 118. The fourth-order valence-electron chi connectivity index (χ4n) is 1.76. The van der Waals surface area contributed by atoms with Crippen molar-refractivity contribution in [3.05, 3.63) is 0 Å². The maximum Gasteiger partial charge on any atom is 0.00978 e. The summed E-state index contributed by atoms with van der Waals surface area (Å²) in [6.45, 7) is 0.933. The van der Waals surface area contributed by atoms with Crippen LogP contribution in [0.3, 0.4) is 0 Å². The Morgan fingerprint density at radius 3 is 2.40 bits per heavy atom. The maximum absolute atomic E-state index is 5.71. The molecule has 0 radical (unpaired) electrons. The lowest BCUT2D eigenvalue weighted by Crippen LogP contribution is -2.32. The smallest absolute Gasteiger partial charge is 0.00978 e. The third kappa shape index (κ3) is 1.19. The molecule has 2 fully saturated rings. The highest BCUT2D eigenvalue weighted by Crippen LogP contribution is 2.45. The van der Waals surface area contributed by atoms with E-state index in [1.54, 1.807) is 0 Å². The zero-order chi connectivity index (χ0) is 6.97. The molecule has 1 saturated heterocycles. The summed E-state index contributed by atoms with van der Waals surface area (Å²) in [5.41, 5.74) is 5.71. The molecule has 1 aliphatic carbocycles. The molecule has 2 aliphatic rings. The second-order valence-corrected chi connectivity index (χ2v) is 4.78. The first-order valence-electron chi connectivity index (χ1n) is 4.23. The van der Waals surface area contributed by atoms with Gasteiger partial charge in [-0.25, -0.2) is 0 Å². The molecule has 2 atom stereocenters. The van der Waals surface area contributed by atoms with E-state index < -0.39 is 0 Å². The van der Waals surface area contributed by atoms with Crippen molar-refractivity contribution in [1.82, 2.24) is 0 Å². The number of rotatable bonds is 3. The summed E-state index contributed by atoms with van der Waals surface area (Å²) < 4.78 is 0. The van der Waals surface area contributed by atoms with Crippen molar-refractivity contribution in [2.75, 3.05) is 12.3 Å². The van der Waals surface area contributed by atoms with E-state index in [-0.39, 0.29) is 0 Å². The molecule has 0 aromatic heterocycles. The van der Waals surface area contributed by atoms with Crippen LogP contribution in [0.5, 0.6) is 0 Å². The van der Waals surface area contributed by atoms with Gasteiger partial charge in [0.25, 0.3) is 0 Å². The molecule has 1 aliphatic heterocycles. The van der Waals surface area contributed by atoms with Crippen LogP contribution in [0.25, 0.3) is 0 Å². The van der Waals surface area contributed by atoms with Crippen LogP contribution in [-0.2, 0) is 0 Å². The average molecular weight is 157 g/mol. The first-order valence-corrected chi connectivity index (χ1v) is 5.28. The third-order valence-corrected chi connectivity index (χ3v) is 4.20. The molecule has 0 aromatic rings. The number of hydrogen-bond donors (Lipinski definition) is 1. The van der Waals surface area contributed by atoms with E-state index in [0.29, 0.717) is 0 Å². The first-order chi connectivity index (χ1) is 4.92. The van der Waals surface area contributed by atoms with Crippen LogP contribution in [0.2, 0.25) is 0 Å². The first kappa shape index (κ1) is 6.99. The largest absolute Gasteiger partial charge is 0.330 e. The molecule has 1 nitrogen and oxygen atoms in total. The van der Waals surface area contributed by atoms with Crippen molar-refractivity contribution in [1.29, 1.82) is 0 Å². The lowest BCUT2D eigenvalue weighted by Gasteiger charge is -2.32. The van der Waals surface area contributed by atoms with Crippen molar-refractivity contribution in [2.45, 2.75) is 24.5 Å². The van der Waals surface area contributed by atoms with Gasteiger partial charge in [0, 0.05) is 5.25 Å². The van der Waals surface area contributed by atoms with Gasteiger partial charge >= 0.3 is 0 Å². The minimum atomic E-state index is 0.874. The maximum atomic E-state index is 5.71. The van der Waals surface area contributed by atoms with Gasteiger partial charge in [-0.2, -0.15) is 11.8 Å². The summed E-state index contributed by atoms with van der Waals surface area (Å²) >= 11 is 2.13. The Hall–Kier alpha value is 0.310. The second-order valence-electron chi connectivity index (χ2n) is 3.43. The fourth-order valence-corrected chi connectivity index (χ4v) is 2.85. The summed E-state index contributed by atoms with van der Waals surface area (Å²) in [6, 6.07) is 0. The lowest BCUT2D eigenvalue weighted by molar-refractivity contribution is 0.435. The highest BCUT2D eigenvalue weighted by Gasteiger charge is 2.38. The molecular weight excluding hydrogens is 142 g/mol. The Kier molecular flexibility index (Phi) is 1.92. The van der Waals surface area contributed by atoms with Gasteiger partial charge < -0.3 is 5.73 Å². The Morgan fingerprint density at radius 2 is 2.10 bits per heavy atom. The monoisotopic (exact) mass is 157 g/mol. The molecular formula is C8H15NS. The molecule has 0 aromatic carbocycles. The van der Waals surface area contributed by atoms with Crippen molar-refractivity contribution in [2.24, 2.45) is 17.6 Å². The van der Waals surface area contributed by atoms with Crippen LogP contribution >= 0.6 is 11.8 Å². The predicted octanol–water partition coefficient (Wildman–Crippen LogP) is 1.48. The van der Waals surface area contributed by atoms with Gasteiger partial charge in [0.2, 0.25) is 0 Å². The van der Waals surface area contributed by atoms with Crippen molar-refractivity contribution >= 4 is 11.8 Å². The van der Waals surface area contributed by atoms with Crippen LogP contribution in [-0.4, -0.2) is 17.5 Å². The number of nitrogens with two attached hydrogens (primary N) is 1. The molecule has 58 valence electrons. The van der Waals surface area contributed by atoms with E-state index in [4.69, 9.17) is 5.73 Å². The van der Waals surface area contributed by atoms with Crippen LogP contribution in [0.1, 0.15) is 19.3 Å². The highest BCUT2D eigenvalue weighted by atomic mass is 32.2. The van der Waals surface area contributed by atoms with Gasteiger partial charge in [-0.3, -0.25) is 0 Å². The molecule has 0 spiro atoms. The number of hydrogen-bond acceptors (Lipinski definition) is 2. The van der Waals surface area contributed by atoms with E-state index in [2.05, 4.69) is 11.8 Å². The van der Waals surface area contributed by atoms with Gasteiger partial charge in [-0.15, -0.1) is 0 Å². The van der Waals surface area contributed by atoms with Crippen LogP contribution in [0.4, 0.5) is 0 Å². The van der Waals surface area contributed by atoms with E-state index in [0.717, 1.165) is 23.6 Å². The quantitative estimate of drug-likeness (QED) is 0.671. The minimum absolute atomic E-state index is 0.874. The summed E-state index contributed by atoms with van der Waals surface area (Å²) in [4.78, 5) is 0. The van der Waals surface area contributed by atoms with Crippen LogP contribution < -0.4 is 5.73 Å². The molecule has 2 unspecified atom stereocenters. The summed E-state index contributed by atoms with van der Waals surface area (Å²) in [5.74, 6) is 3.27. The van der Waals surface area contributed by atoms with Crippen molar-refractivity contribution < 1.29 is 0 Å². The van der Waals surface area contributed by atoms with Crippen LogP contribution in [0.15, 0.2) is 0 Å². The molecule has 0 amide bonds. The van der Waals surface area contributed by atoms with Crippen molar-refractivity contribution in [3.63, 3.8) is 0 Å². The molecule has 0 bridgehead atoms. The SMILES string of the molecule is NCC(C1CC1)C1CCS1. The normalized spacial score (nSPS) is 35.1. The van der Waals surface area contributed by atoms with E-state index in [1.807, 2.05) is 0 Å². The number of thioether (sulfide) groups is 1. The van der Waals surface area contributed by atoms with Crippen molar-refractivity contribution in [3.8, 4) is 0 Å². The zero-order valence-corrected chi connectivity index (χ0v) is 7.07. The third-order valence-electron chi connectivity index (χ3n) is 2.71. The summed E-state index contributed by atoms with van der Waals surface area (Å²) in [7, 11) is 0. The van der Waals surface area contributed by atoms with E-state index in [1.165, 1.54) is 25.0 Å². The zero-order valence-electron chi connectivity index (χ0n) is 6.25. The summed E-state index contributed by atoms with van der Waals surface area (Å²) in [6.07, 6.45) is 4.35. The van der Waals surface area contributed by atoms with Gasteiger partial charge in [-0.1, -0.05) is 0 Å². The fraction of sp³-hybridized carbons (Fsp3) is 1.00.